The van der Waals surface area contributed by atoms with Crippen LogP contribution in [-0.2, 0) is 9.59 Å². The van der Waals surface area contributed by atoms with Gasteiger partial charge in [-0.1, -0.05) is 31.5 Å². The zero-order valence-corrected chi connectivity index (χ0v) is 21.5. The summed E-state index contributed by atoms with van der Waals surface area (Å²) in [7, 11) is 1.59. The van der Waals surface area contributed by atoms with Gasteiger partial charge >= 0.3 is 5.97 Å². The molecule has 2 aliphatic heterocycles. The van der Waals surface area contributed by atoms with Crippen LogP contribution in [0, 0.1) is 5.92 Å². The van der Waals surface area contributed by atoms with Gasteiger partial charge in [0.15, 0.2) is 11.5 Å². The van der Waals surface area contributed by atoms with Gasteiger partial charge in [0, 0.05) is 38.2 Å². The summed E-state index contributed by atoms with van der Waals surface area (Å²) in [4.78, 5) is 30.0. The summed E-state index contributed by atoms with van der Waals surface area (Å²) in [5, 5.41) is 19.8. The molecule has 2 heterocycles. The van der Waals surface area contributed by atoms with Gasteiger partial charge < -0.3 is 29.3 Å². The summed E-state index contributed by atoms with van der Waals surface area (Å²) < 4.78 is 16.3. The number of amides is 1. The van der Waals surface area contributed by atoms with Gasteiger partial charge in [0.05, 0.1) is 19.6 Å². The van der Waals surface area contributed by atoms with Crippen LogP contribution in [0.25, 0.3) is 0 Å². The first-order valence-corrected chi connectivity index (χ1v) is 12.9. The second kappa shape index (κ2) is 12.3. The van der Waals surface area contributed by atoms with Gasteiger partial charge in [0.25, 0.3) is 0 Å². The van der Waals surface area contributed by atoms with E-state index < -0.39 is 17.9 Å². The lowest BCUT2D eigenvalue weighted by molar-refractivity contribution is -0.144. The third kappa shape index (κ3) is 5.99. The number of hydrogen-bond acceptors (Lipinski definition) is 7. The number of rotatable bonds is 12. The average Bonchev–Trinajstić information content (AvgIpc) is 3.53. The molecule has 0 aliphatic carbocycles. The van der Waals surface area contributed by atoms with Gasteiger partial charge in [-0.15, -0.1) is 0 Å². The van der Waals surface area contributed by atoms with Gasteiger partial charge in [-0.05, 0) is 48.2 Å². The summed E-state index contributed by atoms with van der Waals surface area (Å²) in [6.45, 7) is 3.82. The van der Waals surface area contributed by atoms with E-state index in [1.165, 1.54) is 0 Å². The molecule has 2 aliphatic rings. The van der Waals surface area contributed by atoms with Crippen molar-refractivity contribution >= 4 is 11.9 Å². The first-order chi connectivity index (χ1) is 18.0. The second-order valence-corrected chi connectivity index (χ2v) is 9.54. The largest absolute Gasteiger partial charge is 0.497 e. The third-order valence-electron chi connectivity index (χ3n) is 7.22. The van der Waals surface area contributed by atoms with Gasteiger partial charge in [0.1, 0.15) is 5.75 Å². The number of benzene rings is 2. The van der Waals surface area contributed by atoms with E-state index in [-0.39, 0.29) is 31.8 Å². The number of ether oxygens (including phenoxy) is 3. The molecule has 1 fully saturated rings. The molecule has 0 spiro atoms. The smallest absolute Gasteiger partial charge is 0.309 e. The summed E-state index contributed by atoms with van der Waals surface area (Å²) in [6.07, 6.45) is 2.33. The maximum atomic E-state index is 13.5. The van der Waals surface area contributed by atoms with Crippen molar-refractivity contribution in [2.45, 2.75) is 38.1 Å². The summed E-state index contributed by atoms with van der Waals surface area (Å²) in [5.74, 6) is -0.179. The number of aliphatic hydroxyl groups is 1. The van der Waals surface area contributed by atoms with Crippen LogP contribution >= 0.6 is 0 Å². The van der Waals surface area contributed by atoms with Crippen LogP contribution in [0.2, 0.25) is 0 Å². The maximum absolute atomic E-state index is 13.5. The van der Waals surface area contributed by atoms with Crippen LogP contribution in [0.15, 0.2) is 42.5 Å². The Kier molecular flexibility index (Phi) is 8.89. The summed E-state index contributed by atoms with van der Waals surface area (Å²) >= 11 is 0. The van der Waals surface area contributed by atoms with E-state index >= 15 is 0 Å². The van der Waals surface area contributed by atoms with E-state index in [9.17, 15) is 19.8 Å². The molecule has 2 aromatic rings. The Bertz CT molecular complexity index is 1070. The van der Waals surface area contributed by atoms with Crippen LogP contribution in [0.1, 0.15) is 49.3 Å². The minimum absolute atomic E-state index is 0.0152. The zero-order valence-electron chi connectivity index (χ0n) is 21.5. The average molecular weight is 513 g/mol. The highest BCUT2D eigenvalue weighted by molar-refractivity contribution is 5.79. The fraction of sp³-hybridized carbons (Fsp3) is 0.500. The molecule has 3 atom stereocenters. The van der Waals surface area contributed by atoms with Gasteiger partial charge in [0.2, 0.25) is 12.7 Å². The molecule has 0 unspecified atom stereocenters. The summed E-state index contributed by atoms with van der Waals surface area (Å²) in [6, 6.07) is 12.4. The van der Waals surface area contributed by atoms with E-state index in [2.05, 4.69) is 6.92 Å². The topological polar surface area (TPSA) is 109 Å². The molecule has 2 aromatic carbocycles. The van der Waals surface area contributed by atoms with E-state index in [0.29, 0.717) is 43.3 Å². The standard InChI is InChI=1S/C28H36N2O7/c1-3-4-12-29(13-5-14-31)25(32)17-30-16-22(20-8-11-23-24(15-20)37-18-36-23)26(28(33)34)27(30)19-6-9-21(35-2)10-7-19/h6-11,15,22,26-27,31H,3-5,12-14,16-18H2,1-2H3,(H,33,34)/t22-,26+,27-/m1/s1. The van der Waals surface area contributed by atoms with Crippen molar-refractivity contribution in [1.82, 2.24) is 9.80 Å². The Hall–Kier alpha value is -3.30. The van der Waals surface area contributed by atoms with Crippen molar-refractivity contribution in [3.05, 3.63) is 53.6 Å². The quantitative estimate of drug-likeness (QED) is 0.446. The Labute approximate surface area is 217 Å². The molecule has 200 valence electrons. The van der Waals surface area contributed by atoms with Crippen LogP contribution in [0.4, 0.5) is 0 Å². The van der Waals surface area contributed by atoms with E-state index in [1.807, 2.05) is 47.4 Å². The first kappa shape index (κ1) is 26.8. The molecule has 2 N–H and O–H groups in total. The molecule has 0 radical (unpaired) electrons. The van der Waals surface area contributed by atoms with E-state index in [1.54, 1.807) is 12.0 Å². The number of fused-ring (bicyclic) bond motifs is 1. The number of hydrogen-bond donors (Lipinski definition) is 2. The predicted molar refractivity (Wildman–Crippen MR) is 137 cm³/mol. The minimum atomic E-state index is -0.915. The molecule has 0 saturated carbocycles. The number of carbonyl (C=O) groups excluding carboxylic acids is 1. The molecule has 4 rings (SSSR count). The third-order valence-corrected chi connectivity index (χ3v) is 7.22. The van der Waals surface area contributed by atoms with Crippen molar-refractivity contribution in [3.8, 4) is 17.2 Å². The molecule has 0 bridgehead atoms. The van der Waals surface area contributed by atoms with Gasteiger partial charge in [-0.3, -0.25) is 14.5 Å². The number of carboxylic acid groups (broad SMARTS) is 1. The number of likely N-dealkylation sites (tertiary alicyclic amines) is 1. The molecule has 9 heteroatoms. The van der Waals surface area contributed by atoms with E-state index in [4.69, 9.17) is 14.2 Å². The predicted octanol–water partition coefficient (Wildman–Crippen LogP) is 3.28. The van der Waals surface area contributed by atoms with E-state index in [0.717, 1.165) is 24.0 Å². The van der Waals surface area contributed by atoms with Crippen molar-refractivity contribution in [1.29, 1.82) is 0 Å². The number of aliphatic carboxylic acids is 1. The lowest BCUT2D eigenvalue weighted by Gasteiger charge is -2.30. The molecule has 1 amide bonds. The lowest BCUT2D eigenvalue weighted by atomic mass is 9.82. The Morgan fingerprint density at radius 2 is 1.76 bits per heavy atom. The molecule has 1 saturated heterocycles. The Balaban J connectivity index is 1.67. The number of methoxy groups -OCH3 is 1. The molecular weight excluding hydrogens is 476 g/mol. The highest BCUT2D eigenvalue weighted by atomic mass is 16.7. The summed E-state index contributed by atoms with van der Waals surface area (Å²) in [5.41, 5.74) is 1.66. The highest BCUT2D eigenvalue weighted by Crippen LogP contribution is 2.47. The van der Waals surface area contributed by atoms with Crippen molar-refractivity contribution in [3.63, 3.8) is 0 Å². The van der Waals surface area contributed by atoms with Crippen molar-refractivity contribution < 1.29 is 34.0 Å². The number of carboxylic acids is 1. The Morgan fingerprint density at radius 3 is 2.43 bits per heavy atom. The van der Waals surface area contributed by atoms with Crippen LogP contribution in [0.3, 0.4) is 0 Å². The second-order valence-electron chi connectivity index (χ2n) is 9.54. The monoisotopic (exact) mass is 512 g/mol. The van der Waals surface area contributed by atoms with Gasteiger partial charge in [-0.2, -0.15) is 0 Å². The maximum Gasteiger partial charge on any atom is 0.309 e. The Morgan fingerprint density at radius 1 is 1.05 bits per heavy atom. The fourth-order valence-electron chi connectivity index (χ4n) is 5.32. The molecule has 9 nitrogen and oxygen atoms in total. The van der Waals surface area contributed by atoms with Crippen molar-refractivity contribution in [2.75, 3.05) is 46.7 Å². The first-order valence-electron chi connectivity index (χ1n) is 12.9. The molecular formula is C28H36N2O7. The molecule has 0 aromatic heterocycles. The van der Waals surface area contributed by atoms with Crippen molar-refractivity contribution in [2.24, 2.45) is 5.92 Å². The zero-order chi connectivity index (χ0) is 26.4. The van der Waals surface area contributed by atoms with Crippen LogP contribution < -0.4 is 14.2 Å². The molecule has 37 heavy (non-hydrogen) atoms. The number of nitrogens with zero attached hydrogens (tertiary/aromatic N) is 2. The van der Waals surface area contributed by atoms with Crippen LogP contribution in [0.5, 0.6) is 17.2 Å². The lowest BCUT2D eigenvalue weighted by Crippen LogP contribution is -2.42. The highest BCUT2D eigenvalue weighted by Gasteiger charge is 2.48. The number of carbonyl (C=O) groups is 2. The minimum Gasteiger partial charge on any atom is -0.497 e. The SMILES string of the molecule is CCCCN(CCCO)C(=O)CN1C[C@H](c2ccc3c(c2)OCO3)[C@H](C(=O)O)[C@H]1c1ccc(OC)cc1. The normalized spacial score (nSPS) is 20.7. The van der Waals surface area contributed by atoms with Gasteiger partial charge in [-0.25, -0.2) is 0 Å². The fourth-order valence-corrected chi connectivity index (χ4v) is 5.32. The van der Waals surface area contributed by atoms with Crippen LogP contribution in [-0.4, -0.2) is 78.6 Å². The number of unbranched alkanes of at least 4 members (excludes halogenated alkanes) is 1. The number of aliphatic hydroxyl groups excluding tert-OH is 1.